The van der Waals surface area contributed by atoms with E-state index in [0.29, 0.717) is 0 Å². The van der Waals surface area contributed by atoms with Crippen LogP contribution < -0.4 is 0 Å². The largest absolute Gasteiger partial charge is 0.162 e. The second-order valence-corrected chi connectivity index (χ2v) is 6.12. The normalized spacial score (nSPS) is 20.1. The molecule has 1 fully saturated rings. The van der Waals surface area contributed by atoms with Crippen LogP contribution in [0.1, 0.15) is 45.4 Å². The molecule has 1 rings (SSSR count). The van der Waals surface area contributed by atoms with Gasteiger partial charge in [-0.1, -0.05) is 19.8 Å². The molecule has 1 aliphatic carbocycles. The van der Waals surface area contributed by atoms with Crippen molar-refractivity contribution < 1.29 is 0 Å². The van der Waals surface area contributed by atoms with Gasteiger partial charge in [-0.2, -0.15) is 11.8 Å². The average molecular weight is 235 g/mol. The van der Waals surface area contributed by atoms with E-state index in [4.69, 9.17) is 11.6 Å². The van der Waals surface area contributed by atoms with E-state index in [0.717, 1.165) is 17.7 Å². The molecule has 1 saturated carbocycles. The van der Waals surface area contributed by atoms with Gasteiger partial charge in [0, 0.05) is 5.88 Å². The van der Waals surface area contributed by atoms with Crippen molar-refractivity contribution in [1.82, 2.24) is 0 Å². The Bertz CT molecular complexity index is 132. The molecule has 14 heavy (non-hydrogen) atoms. The molecule has 1 aliphatic rings. The monoisotopic (exact) mass is 234 g/mol. The van der Waals surface area contributed by atoms with Crippen LogP contribution in [0.25, 0.3) is 0 Å². The van der Waals surface area contributed by atoms with E-state index < -0.39 is 0 Å². The lowest BCUT2D eigenvalue weighted by Gasteiger charge is -2.11. The van der Waals surface area contributed by atoms with E-state index >= 15 is 0 Å². The van der Waals surface area contributed by atoms with Crippen LogP contribution in [0.2, 0.25) is 0 Å². The van der Waals surface area contributed by atoms with Crippen molar-refractivity contribution in [2.45, 2.75) is 45.4 Å². The highest BCUT2D eigenvalue weighted by Gasteiger charge is 2.14. The van der Waals surface area contributed by atoms with Crippen LogP contribution >= 0.6 is 23.4 Å². The summed E-state index contributed by atoms with van der Waals surface area (Å²) in [6.45, 7) is 2.32. The molecule has 0 radical (unpaired) electrons. The zero-order valence-corrected chi connectivity index (χ0v) is 10.9. The van der Waals surface area contributed by atoms with Gasteiger partial charge in [0.05, 0.1) is 0 Å². The van der Waals surface area contributed by atoms with Crippen LogP contribution in [0.5, 0.6) is 0 Å². The third kappa shape index (κ3) is 5.50. The third-order valence-electron chi connectivity index (χ3n) is 3.19. The molecule has 0 aromatic rings. The Morgan fingerprint density at radius 1 is 1.29 bits per heavy atom. The highest BCUT2D eigenvalue weighted by atomic mass is 35.5. The van der Waals surface area contributed by atoms with E-state index in [1.807, 2.05) is 0 Å². The molecular formula is C12H23ClS. The Hall–Kier alpha value is 0.640. The summed E-state index contributed by atoms with van der Waals surface area (Å²) in [5.74, 6) is 5.45. The molecule has 0 heterocycles. The van der Waals surface area contributed by atoms with Crippen molar-refractivity contribution >= 4 is 23.4 Å². The van der Waals surface area contributed by atoms with Gasteiger partial charge in [0.15, 0.2) is 0 Å². The third-order valence-corrected chi connectivity index (χ3v) is 4.63. The van der Waals surface area contributed by atoms with Gasteiger partial charge >= 0.3 is 0 Å². The fraction of sp³-hybridized carbons (Fsp3) is 1.00. The molecule has 1 unspecified atom stereocenters. The maximum atomic E-state index is 5.71. The Balaban J connectivity index is 1.88. The van der Waals surface area contributed by atoms with E-state index in [9.17, 15) is 0 Å². The van der Waals surface area contributed by atoms with Gasteiger partial charge in [-0.05, 0) is 49.0 Å². The van der Waals surface area contributed by atoms with Crippen molar-refractivity contribution in [3.8, 4) is 0 Å². The summed E-state index contributed by atoms with van der Waals surface area (Å²) in [5, 5.41) is 0. The van der Waals surface area contributed by atoms with Gasteiger partial charge in [-0.25, -0.2) is 0 Å². The maximum Gasteiger partial charge on any atom is 0.0225 e. The van der Waals surface area contributed by atoms with Gasteiger partial charge in [0.2, 0.25) is 0 Å². The first-order chi connectivity index (χ1) is 6.83. The summed E-state index contributed by atoms with van der Waals surface area (Å²) in [7, 11) is 0. The van der Waals surface area contributed by atoms with Crippen molar-refractivity contribution in [2.24, 2.45) is 11.8 Å². The molecule has 2 heteroatoms. The summed E-state index contributed by atoms with van der Waals surface area (Å²) >= 11 is 7.87. The van der Waals surface area contributed by atoms with Crippen molar-refractivity contribution in [2.75, 3.05) is 17.4 Å². The minimum atomic E-state index is 0.823. The topological polar surface area (TPSA) is 0 Å². The van der Waals surface area contributed by atoms with E-state index in [-0.39, 0.29) is 0 Å². The number of hydrogen-bond acceptors (Lipinski definition) is 1. The SMILES string of the molecule is CC(CCCl)CCSCC1CCCC1. The number of thioether (sulfide) groups is 1. The Morgan fingerprint density at radius 3 is 2.64 bits per heavy atom. The van der Waals surface area contributed by atoms with Crippen LogP contribution in [0, 0.1) is 11.8 Å². The number of hydrogen-bond donors (Lipinski definition) is 0. The second kappa shape index (κ2) is 7.87. The fourth-order valence-corrected chi connectivity index (χ4v) is 3.82. The molecule has 0 saturated heterocycles. The smallest absolute Gasteiger partial charge is 0.0225 e. The highest BCUT2D eigenvalue weighted by Crippen LogP contribution is 2.28. The van der Waals surface area contributed by atoms with Gasteiger partial charge in [-0.15, -0.1) is 11.6 Å². The Labute approximate surface area is 98.2 Å². The minimum absolute atomic E-state index is 0.823. The van der Waals surface area contributed by atoms with E-state index in [1.165, 1.54) is 50.0 Å². The lowest BCUT2D eigenvalue weighted by molar-refractivity contribution is 0.550. The quantitative estimate of drug-likeness (QED) is 0.460. The summed E-state index contributed by atoms with van der Waals surface area (Å²) in [6.07, 6.45) is 8.48. The average Bonchev–Trinajstić information content (AvgIpc) is 2.65. The summed E-state index contributed by atoms with van der Waals surface area (Å²) in [4.78, 5) is 0. The molecule has 1 atom stereocenters. The van der Waals surface area contributed by atoms with Gasteiger partial charge < -0.3 is 0 Å². The lowest BCUT2D eigenvalue weighted by Crippen LogP contribution is -2.01. The maximum absolute atomic E-state index is 5.71. The highest BCUT2D eigenvalue weighted by molar-refractivity contribution is 7.99. The molecule has 0 aromatic heterocycles. The number of rotatable bonds is 7. The van der Waals surface area contributed by atoms with Gasteiger partial charge in [0.25, 0.3) is 0 Å². The molecule has 0 amide bonds. The van der Waals surface area contributed by atoms with Crippen LogP contribution in [-0.4, -0.2) is 17.4 Å². The lowest BCUT2D eigenvalue weighted by atomic mass is 10.1. The van der Waals surface area contributed by atoms with Gasteiger partial charge in [-0.3, -0.25) is 0 Å². The van der Waals surface area contributed by atoms with Crippen LogP contribution in [0.15, 0.2) is 0 Å². The molecule has 0 N–H and O–H groups in total. The molecule has 0 aromatic carbocycles. The minimum Gasteiger partial charge on any atom is -0.162 e. The first-order valence-electron chi connectivity index (χ1n) is 5.96. The number of alkyl halides is 1. The van der Waals surface area contributed by atoms with Crippen molar-refractivity contribution in [3.05, 3.63) is 0 Å². The molecular weight excluding hydrogens is 212 g/mol. The van der Waals surface area contributed by atoms with Crippen LogP contribution in [0.4, 0.5) is 0 Å². The summed E-state index contributed by atoms with van der Waals surface area (Å²) < 4.78 is 0. The van der Waals surface area contributed by atoms with Crippen molar-refractivity contribution in [1.29, 1.82) is 0 Å². The molecule has 0 spiro atoms. The van der Waals surface area contributed by atoms with E-state index in [2.05, 4.69) is 18.7 Å². The predicted octanol–water partition coefficient (Wildman–Crippen LogP) is 4.56. The molecule has 84 valence electrons. The second-order valence-electron chi connectivity index (χ2n) is 4.60. The fourth-order valence-electron chi connectivity index (χ4n) is 2.04. The zero-order chi connectivity index (χ0) is 10.2. The molecule has 0 aliphatic heterocycles. The first kappa shape index (κ1) is 12.7. The summed E-state index contributed by atoms with van der Waals surface area (Å²) in [5.41, 5.74) is 0. The zero-order valence-electron chi connectivity index (χ0n) is 9.30. The number of halogens is 1. The van der Waals surface area contributed by atoms with Crippen LogP contribution in [0.3, 0.4) is 0 Å². The Morgan fingerprint density at radius 2 is 2.00 bits per heavy atom. The van der Waals surface area contributed by atoms with Crippen molar-refractivity contribution in [3.63, 3.8) is 0 Å². The summed E-state index contributed by atoms with van der Waals surface area (Å²) in [6, 6.07) is 0. The standard InChI is InChI=1S/C12H23ClS/c1-11(6-8-13)7-9-14-10-12-4-2-3-5-12/h11-12H,2-10H2,1H3. The Kier molecular flexibility index (Phi) is 7.14. The van der Waals surface area contributed by atoms with E-state index in [1.54, 1.807) is 0 Å². The molecule has 0 bridgehead atoms. The van der Waals surface area contributed by atoms with Gasteiger partial charge in [0.1, 0.15) is 0 Å². The van der Waals surface area contributed by atoms with Crippen LogP contribution in [-0.2, 0) is 0 Å². The first-order valence-corrected chi connectivity index (χ1v) is 7.65. The molecule has 0 nitrogen and oxygen atoms in total. The predicted molar refractivity (Wildman–Crippen MR) is 68.4 cm³/mol.